The van der Waals surface area contributed by atoms with Crippen molar-refractivity contribution in [2.24, 2.45) is 0 Å². The normalized spacial score (nSPS) is 9.80. The van der Waals surface area contributed by atoms with Crippen LogP contribution in [-0.4, -0.2) is 9.91 Å². The minimum Gasteiger partial charge on any atom is -0.489 e. The van der Waals surface area contributed by atoms with E-state index < -0.39 is 4.92 Å². The molecule has 0 aliphatic rings. The van der Waals surface area contributed by atoms with Gasteiger partial charge >= 0.3 is 0 Å². The summed E-state index contributed by atoms with van der Waals surface area (Å²) >= 11 is 0. The van der Waals surface area contributed by atoms with Gasteiger partial charge in [0, 0.05) is 18.3 Å². The molecular weight excluding hydrogens is 258 g/mol. The molecule has 6 heteroatoms. The van der Waals surface area contributed by atoms with E-state index in [0.717, 1.165) is 5.56 Å². The number of hydrogen-bond acceptors (Lipinski definition) is 5. The summed E-state index contributed by atoms with van der Waals surface area (Å²) < 4.78 is 5.60. The molecule has 0 amide bonds. The predicted molar refractivity (Wildman–Crippen MR) is 71.1 cm³/mol. The average Bonchev–Trinajstić information content (AvgIpc) is 2.46. The highest BCUT2D eigenvalue weighted by atomic mass is 16.6. The van der Waals surface area contributed by atoms with E-state index in [1.54, 1.807) is 31.3 Å². The van der Waals surface area contributed by atoms with E-state index >= 15 is 0 Å². The molecule has 0 N–H and O–H groups in total. The van der Waals surface area contributed by atoms with Crippen molar-refractivity contribution in [2.75, 3.05) is 0 Å². The van der Waals surface area contributed by atoms with Crippen molar-refractivity contribution in [2.45, 2.75) is 13.5 Å². The maximum Gasteiger partial charge on any atom is 0.269 e. The topological polar surface area (TPSA) is 89.1 Å². The van der Waals surface area contributed by atoms with Crippen LogP contribution in [0, 0.1) is 28.4 Å². The zero-order valence-corrected chi connectivity index (χ0v) is 10.7. The van der Waals surface area contributed by atoms with Crippen molar-refractivity contribution in [3.05, 3.63) is 63.5 Å². The lowest BCUT2D eigenvalue weighted by Gasteiger charge is -2.08. The van der Waals surface area contributed by atoms with Crippen LogP contribution in [0.25, 0.3) is 0 Å². The molecule has 0 fully saturated rings. The van der Waals surface area contributed by atoms with E-state index in [9.17, 15) is 10.1 Å². The number of nitro benzene ring substituents is 1. The van der Waals surface area contributed by atoms with Crippen molar-refractivity contribution < 1.29 is 9.66 Å². The first-order chi connectivity index (χ1) is 9.60. The van der Waals surface area contributed by atoms with Crippen LogP contribution in [0.1, 0.15) is 16.8 Å². The molecule has 6 nitrogen and oxygen atoms in total. The standard InChI is InChI=1S/C14H11N3O3/c1-10-6-13(17(18)19)2-3-14(10)20-9-11-4-5-16-12(7-11)8-15/h2-7H,9H2,1H3. The van der Waals surface area contributed by atoms with Gasteiger partial charge in [-0.05, 0) is 36.2 Å². The molecule has 0 atom stereocenters. The number of nitriles is 1. The molecule has 1 heterocycles. The van der Waals surface area contributed by atoms with Crippen LogP contribution in [0.5, 0.6) is 5.75 Å². The van der Waals surface area contributed by atoms with Crippen molar-refractivity contribution in [3.63, 3.8) is 0 Å². The molecule has 2 aromatic rings. The Morgan fingerprint density at radius 3 is 2.85 bits per heavy atom. The lowest BCUT2D eigenvalue weighted by molar-refractivity contribution is -0.384. The highest BCUT2D eigenvalue weighted by Crippen LogP contribution is 2.24. The quantitative estimate of drug-likeness (QED) is 0.628. The molecular formula is C14H11N3O3. The van der Waals surface area contributed by atoms with Crippen LogP contribution >= 0.6 is 0 Å². The van der Waals surface area contributed by atoms with Gasteiger partial charge in [-0.25, -0.2) is 4.98 Å². The number of nitrogens with zero attached hydrogens (tertiary/aromatic N) is 3. The molecule has 100 valence electrons. The molecule has 0 spiro atoms. The van der Waals surface area contributed by atoms with E-state index in [0.29, 0.717) is 17.0 Å². The zero-order valence-electron chi connectivity index (χ0n) is 10.7. The van der Waals surface area contributed by atoms with Crippen LogP contribution < -0.4 is 4.74 Å². The van der Waals surface area contributed by atoms with Gasteiger partial charge < -0.3 is 4.74 Å². The Bertz CT molecular complexity index is 692. The summed E-state index contributed by atoms with van der Waals surface area (Å²) in [5.41, 5.74) is 1.86. The first kappa shape index (κ1) is 13.5. The van der Waals surface area contributed by atoms with Crippen LogP contribution in [-0.2, 0) is 6.61 Å². The van der Waals surface area contributed by atoms with Crippen LogP contribution in [0.15, 0.2) is 36.5 Å². The second kappa shape index (κ2) is 5.80. The van der Waals surface area contributed by atoms with Gasteiger partial charge in [0.1, 0.15) is 24.1 Å². The van der Waals surface area contributed by atoms with E-state index in [-0.39, 0.29) is 12.3 Å². The number of nitro groups is 1. The Labute approximate surface area is 115 Å². The van der Waals surface area contributed by atoms with Crippen molar-refractivity contribution in [3.8, 4) is 11.8 Å². The second-order valence-corrected chi connectivity index (χ2v) is 4.16. The Hall–Kier alpha value is -2.94. The van der Waals surface area contributed by atoms with Crippen molar-refractivity contribution in [1.29, 1.82) is 5.26 Å². The molecule has 2 rings (SSSR count). The number of aryl methyl sites for hydroxylation is 1. The Morgan fingerprint density at radius 1 is 1.40 bits per heavy atom. The van der Waals surface area contributed by atoms with Crippen LogP contribution in [0.4, 0.5) is 5.69 Å². The first-order valence-electron chi connectivity index (χ1n) is 5.83. The maximum atomic E-state index is 10.6. The van der Waals surface area contributed by atoms with Crippen molar-refractivity contribution >= 4 is 5.69 Å². The Balaban J connectivity index is 2.11. The predicted octanol–water partition coefficient (Wildman–Crippen LogP) is 2.75. The maximum absolute atomic E-state index is 10.6. The van der Waals surface area contributed by atoms with Gasteiger partial charge in [-0.3, -0.25) is 10.1 Å². The smallest absolute Gasteiger partial charge is 0.269 e. The van der Waals surface area contributed by atoms with E-state index in [1.807, 2.05) is 6.07 Å². The molecule has 1 aromatic carbocycles. The van der Waals surface area contributed by atoms with Crippen LogP contribution in [0.3, 0.4) is 0 Å². The monoisotopic (exact) mass is 269 g/mol. The number of ether oxygens (including phenoxy) is 1. The molecule has 0 saturated heterocycles. The van der Waals surface area contributed by atoms with Gasteiger partial charge in [0.05, 0.1) is 4.92 Å². The number of non-ortho nitro benzene ring substituents is 1. The Morgan fingerprint density at radius 2 is 2.20 bits per heavy atom. The largest absolute Gasteiger partial charge is 0.489 e. The van der Waals surface area contributed by atoms with E-state index in [1.165, 1.54) is 12.1 Å². The number of hydrogen-bond donors (Lipinski definition) is 0. The number of aromatic nitrogens is 1. The summed E-state index contributed by atoms with van der Waals surface area (Å²) in [4.78, 5) is 14.1. The average molecular weight is 269 g/mol. The van der Waals surface area contributed by atoms with Gasteiger partial charge in [0.2, 0.25) is 0 Å². The second-order valence-electron chi connectivity index (χ2n) is 4.16. The van der Waals surface area contributed by atoms with Gasteiger partial charge in [-0.2, -0.15) is 5.26 Å². The lowest BCUT2D eigenvalue weighted by atomic mass is 10.2. The molecule has 0 aliphatic carbocycles. The summed E-state index contributed by atoms with van der Waals surface area (Å²) in [6.07, 6.45) is 1.54. The van der Waals surface area contributed by atoms with Crippen molar-refractivity contribution in [1.82, 2.24) is 4.98 Å². The number of benzene rings is 1. The molecule has 20 heavy (non-hydrogen) atoms. The fourth-order valence-corrected chi connectivity index (χ4v) is 1.70. The minimum absolute atomic E-state index is 0.0329. The van der Waals surface area contributed by atoms with Gasteiger partial charge in [0.15, 0.2) is 0 Å². The third-order valence-corrected chi connectivity index (χ3v) is 2.70. The SMILES string of the molecule is Cc1cc([N+](=O)[O-])ccc1OCc1ccnc(C#N)c1. The summed E-state index contributed by atoms with van der Waals surface area (Å²) in [6.45, 7) is 2.02. The first-order valence-corrected chi connectivity index (χ1v) is 5.83. The third-order valence-electron chi connectivity index (χ3n) is 2.70. The third kappa shape index (κ3) is 3.09. The van der Waals surface area contributed by atoms with Crippen LogP contribution in [0.2, 0.25) is 0 Å². The lowest BCUT2D eigenvalue weighted by Crippen LogP contribution is -1.99. The molecule has 0 aliphatic heterocycles. The minimum atomic E-state index is -0.446. The highest BCUT2D eigenvalue weighted by molar-refractivity contribution is 5.43. The van der Waals surface area contributed by atoms with Gasteiger partial charge in [-0.1, -0.05) is 0 Å². The molecule has 0 saturated carbocycles. The summed E-state index contributed by atoms with van der Waals surface area (Å²) in [6, 6.07) is 9.77. The summed E-state index contributed by atoms with van der Waals surface area (Å²) in [7, 11) is 0. The Kier molecular flexibility index (Phi) is 3.91. The summed E-state index contributed by atoms with van der Waals surface area (Å²) in [5, 5.41) is 19.4. The summed E-state index contributed by atoms with van der Waals surface area (Å²) in [5.74, 6) is 0.575. The molecule has 0 unspecified atom stereocenters. The fourth-order valence-electron chi connectivity index (χ4n) is 1.70. The van der Waals surface area contributed by atoms with Gasteiger partial charge in [0.25, 0.3) is 5.69 Å². The van der Waals surface area contributed by atoms with E-state index in [4.69, 9.17) is 10.00 Å². The molecule has 1 aromatic heterocycles. The zero-order chi connectivity index (χ0) is 14.5. The fraction of sp³-hybridized carbons (Fsp3) is 0.143. The number of pyridine rings is 1. The molecule has 0 bridgehead atoms. The van der Waals surface area contributed by atoms with E-state index in [2.05, 4.69) is 4.98 Å². The number of rotatable bonds is 4. The molecule has 0 radical (unpaired) electrons. The highest BCUT2D eigenvalue weighted by Gasteiger charge is 2.09. The van der Waals surface area contributed by atoms with Gasteiger partial charge in [-0.15, -0.1) is 0 Å².